The molecule has 6 nitrogen and oxygen atoms in total. The zero-order valence-electron chi connectivity index (χ0n) is 12.6. The fraction of sp³-hybridized carbons (Fsp3) is 0.643. The minimum Gasteiger partial charge on any atom is -0.444 e. The molecule has 1 fully saturated rings. The molecule has 1 aliphatic rings. The van der Waals surface area contributed by atoms with E-state index in [-0.39, 0.29) is 18.2 Å². The topological polar surface area (TPSA) is 71.5 Å². The maximum atomic E-state index is 12.2. The number of carbonyl (C=O) groups is 2. The van der Waals surface area contributed by atoms with Crippen LogP contribution < -0.4 is 5.32 Å². The predicted octanol–water partition coefficient (Wildman–Crippen LogP) is 2.62. The minimum atomic E-state index is -0.543. The number of likely N-dealkylation sites (tertiary alicyclic amines) is 1. The van der Waals surface area contributed by atoms with Crippen LogP contribution in [-0.4, -0.2) is 40.2 Å². The van der Waals surface area contributed by atoms with Gasteiger partial charge in [0.05, 0.1) is 0 Å². The van der Waals surface area contributed by atoms with Gasteiger partial charge in [0.15, 0.2) is 5.01 Å². The number of thiazole rings is 1. The van der Waals surface area contributed by atoms with Crippen LogP contribution in [0.4, 0.5) is 4.79 Å². The smallest absolute Gasteiger partial charge is 0.411 e. The number of rotatable bonds is 2. The summed E-state index contributed by atoms with van der Waals surface area (Å²) in [5.74, 6) is -0.245. The zero-order chi connectivity index (χ0) is 15.5. The summed E-state index contributed by atoms with van der Waals surface area (Å²) in [6.45, 7) is 6.09. The van der Waals surface area contributed by atoms with Gasteiger partial charge in [-0.2, -0.15) is 0 Å². The summed E-state index contributed by atoms with van der Waals surface area (Å²) in [5.41, 5.74) is -0.543. The summed E-state index contributed by atoms with van der Waals surface area (Å²) in [7, 11) is 0. The Morgan fingerprint density at radius 1 is 1.43 bits per heavy atom. The molecule has 1 aliphatic heterocycles. The van der Waals surface area contributed by atoms with Gasteiger partial charge in [-0.1, -0.05) is 0 Å². The average Bonchev–Trinajstić information content (AvgIpc) is 2.91. The van der Waals surface area contributed by atoms with Crippen molar-refractivity contribution in [2.75, 3.05) is 6.54 Å². The van der Waals surface area contributed by atoms with Gasteiger partial charge < -0.3 is 10.1 Å². The lowest BCUT2D eigenvalue weighted by Crippen LogP contribution is -2.54. The summed E-state index contributed by atoms with van der Waals surface area (Å²) < 4.78 is 5.40. The third-order valence-corrected chi connectivity index (χ3v) is 3.83. The van der Waals surface area contributed by atoms with E-state index in [1.165, 1.54) is 11.3 Å². The Hall–Kier alpha value is -1.63. The molecule has 7 heteroatoms. The van der Waals surface area contributed by atoms with E-state index in [4.69, 9.17) is 4.74 Å². The SMILES string of the molecule is CC(C)(C)OC(=O)N1CCCCC1NC(=O)c1nccs1. The van der Waals surface area contributed by atoms with Crippen molar-refractivity contribution in [2.45, 2.75) is 51.8 Å². The maximum absolute atomic E-state index is 12.2. The van der Waals surface area contributed by atoms with Crippen molar-refractivity contribution in [2.24, 2.45) is 0 Å². The highest BCUT2D eigenvalue weighted by Crippen LogP contribution is 2.19. The van der Waals surface area contributed by atoms with E-state index in [2.05, 4.69) is 10.3 Å². The van der Waals surface area contributed by atoms with Crippen LogP contribution in [0.5, 0.6) is 0 Å². The fourth-order valence-corrected chi connectivity index (χ4v) is 2.71. The van der Waals surface area contributed by atoms with E-state index in [9.17, 15) is 9.59 Å². The molecule has 2 amide bonds. The normalized spacial score (nSPS) is 19.2. The van der Waals surface area contributed by atoms with Gasteiger partial charge in [0, 0.05) is 18.1 Å². The molecule has 1 aromatic heterocycles. The van der Waals surface area contributed by atoms with Gasteiger partial charge in [-0.3, -0.25) is 9.69 Å². The van der Waals surface area contributed by atoms with E-state index < -0.39 is 5.60 Å². The van der Waals surface area contributed by atoms with Crippen LogP contribution in [0.15, 0.2) is 11.6 Å². The molecule has 2 rings (SSSR count). The number of piperidine rings is 1. The number of hydrogen-bond acceptors (Lipinski definition) is 5. The molecule has 0 aliphatic carbocycles. The van der Waals surface area contributed by atoms with E-state index in [0.29, 0.717) is 11.6 Å². The molecule has 1 unspecified atom stereocenters. The maximum Gasteiger partial charge on any atom is 0.411 e. The number of carbonyl (C=O) groups excluding carboxylic acids is 2. The van der Waals surface area contributed by atoms with Crippen molar-refractivity contribution >= 4 is 23.3 Å². The molecule has 0 aromatic carbocycles. The number of nitrogens with one attached hydrogen (secondary N) is 1. The Morgan fingerprint density at radius 3 is 2.81 bits per heavy atom. The predicted molar refractivity (Wildman–Crippen MR) is 80.2 cm³/mol. The summed E-state index contributed by atoms with van der Waals surface area (Å²) in [4.78, 5) is 29.9. The van der Waals surface area contributed by atoms with Gasteiger partial charge in [-0.15, -0.1) is 11.3 Å². The quantitative estimate of drug-likeness (QED) is 0.911. The molecular weight excluding hydrogens is 290 g/mol. The molecule has 1 aromatic rings. The molecule has 0 spiro atoms. The second-order valence-corrected chi connectivity index (χ2v) is 6.89. The monoisotopic (exact) mass is 311 g/mol. The van der Waals surface area contributed by atoms with Crippen molar-refractivity contribution in [3.63, 3.8) is 0 Å². The first-order valence-electron chi connectivity index (χ1n) is 7.07. The first-order chi connectivity index (χ1) is 9.87. The van der Waals surface area contributed by atoms with Gasteiger partial charge >= 0.3 is 6.09 Å². The summed E-state index contributed by atoms with van der Waals surface area (Å²) in [6.07, 6.45) is 3.50. The largest absolute Gasteiger partial charge is 0.444 e. The Kier molecular flexibility index (Phi) is 4.82. The zero-order valence-corrected chi connectivity index (χ0v) is 13.4. The van der Waals surface area contributed by atoms with Crippen LogP contribution in [0.25, 0.3) is 0 Å². The number of nitrogens with zero attached hydrogens (tertiary/aromatic N) is 2. The van der Waals surface area contributed by atoms with Crippen molar-refractivity contribution in [1.82, 2.24) is 15.2 Å². The first kappa shape index (κ1) is 15.8. The summed E-state index contributed by atoms with van der Waals surface area (Å²) >= 11 is 1.28. The molecule has 0 bridgehead atoms. The van der Waals surface area contributed by atoms with E-state index in [1.54, 1.807) is 16.5 Å². The lowest BCUT2D eigenvalue weighted by atomic mass is 10.1. The molecule has 116 valence electrons. The van der Waals surface area contributed by atoms with Gasteiger partial charge in [0.2, 0.25) is 0 Å². The molecule has 0 saturated carbocycles. The number of hydrogen-bond donors (Lipinski definition) is 1. The Labute approximate surface area is 128 Å². The first-order valence-corrected chi connectivity index (χ1v) is 7.95. The summed E-state index contributed by atoms with van der Waals surface area (Å²) in [5, 5.41) is 5.03. The second kappa shape index (κ2) is 6.43. The van der Waals surface area contributed by atoms with Crippen LogP contribution in [0.3, 0.4) is 0 Å². The Morgan fingerprint density at radius 2 is 2.19 bits per heavy atom. The highest BCUT2D eigenvalue weighted by molar-refractivity contribution is 7.11. The number of amides is 2. The van der Waals surface area contributed by atoms with Gasteiger partial charge in [-0.05, 0) is 40.0 Å². The van der Waals surface area contributed by atoms with E-state index >= 15 is 0 Å². The van der Waals surface area contributed by atoms with Gasteiger partial charge in [0.25, 0.3) is 5.91 Å². The lowest BCUT2D eigenvalue weighted by molar-refractivity contribution is 0.00602. The molecule has 1 saturated heterocycles. The van der Waals surface area contributed by atoms with Crippen molar-refractivity contribution < 1.29 is 14.3 Å². The van der Waals surface area contributed by atoms with Crippen molar-refractivity contribution in [3.05, 3.63) is 16.6 Å². The van der Waals surface area contributed by atoms with Crippen LogP contribution in [-0.2, 0) is 4.74 Å². The Balaban J connectivity index is 2.02. The molecule has 1 atom stereocenters. The molecule has 0 radical (unpaired) electrons. The van der Waals surface area contributed by atoms with E-state index in [0.717, 1.165) is 19.3 Å². The molecule has 1 N–H and O–H groups in total. The highest BCUT2D eigenvalue weighted by atomic mass is 32.1. The highest BCUT2D eigenvalue weighted by Gasteiger charge is 2.31. The van der Waals surface area contributed by atoms with Crippen molar-refractivity contribution in [1.29, 1.82) is 0 Å². The molecule has 2 heterocycles. The van der Waals surface area contributed by atoms with Gasteiger partial charge in [-0.25, -0.2) is 9.78 Å². The third kappa shape index (κ3) is 4.42. The second-order valence-electron chi connectivity index (χ2n) is 6.00. The lowest BCUT2D eigenvalue weighted by Gasteiger charge is -2.36. The molecule has 21 heavy (non-hydrogen) atoms. The van der Waals surface area contributed by atoms with Crippen LogP contribution in [0, 0.1) is 0 Å². The standard InChI is InChI=1S/C14H21N3O3S/c1-14(2,3)20-13(19)17-8-5-4-6-10(17)16-11(18)12-15-7-9-21-12/h7,9-10H,4-6,8H2,1-3H3,(H,16,18). The fourth-order valence-electron chi connectivity index (χ4n) is 2.17. The van der Waals surface area contributed by atoms with Crippen LogP contribution >= 0.6 is 11.3 Å². The Bertz CT molecular complexity index is 496. The number of ether oxygens (including phenoxy) is 1. The molecular formula is C14H21N3O3S. The van der Waals surface area contributed by atoms with Crippen LogP contribution in [0.2, 0.25) is 0 Å². The minimum absolute atomic E-state index is 0.245. The number of aromatic nitrogens is 1. The average molecular weight is 311 g/mol. The van der Waals surface area contributed by atoms with Crippen LogP contribution in [0.1, 0.15) is 49.8 Å². The summed E-state index contributed by atoms with van der Waals surface area (Å²) in [6, 6.07) is 0. The van der Waals surface area contributed by atoms with Crippen molar-refractivity contribution in [3.8, 4) is 0 Å². The van der Waals surface area contributed by atoms with Gasteiger partial charge in [0.1, 0.15) is 11.8 Å². The third-order valence-electron chi connectivity index (χ3n) is 3.06. The van der Waals surface area contributed by atoms with E-state index in [1.807, 2.05) is 20.8 Å².